The van der Waals surface area contributed by atoms with Crippen LogP contribution in [0.3, 0.4) is 0 Å². The number of hydrogen-bond acceptors (Lipinski definition) is 6. The van der Waals surface area contributed by atoms with Gasteiger partial charge in [-0.25, -0.2) is 0 Å². The van der Waals surface area contributed by atoms with Crippen LogP contribution >= 0.6 is 11.3 Å². The minimum atomic E-state index is -0.622. The second kappa shape index (κ2) is 5.15. The van der Waals surface area contributed by atoms with Gasteiger partial charge in [0.05, 0.1) is 22.2 Å². The van der Waals surface area contributed by atoms with Crippen LogP contribution in [0.4, 0.5) is 11.4 Å². The second-order valence-electron chi connectivity index (χ2n) is 4.08. The Morgan fingerprint density at radius 3 is 2.85 bits per heavy atom. The predicted octanol–water partition coefficient (Wildman–Crippen LogP) is 2.99. The van der Waals surface area contributed by atoms with Crippen LogP contribution in [-0.2, 0) is 9.53 Å². The lowest BCUT2D eigenvalue weighted by atomic mass is 10.2. The Labute approximate surface area is 119 Å². The van der Waals surface area contributed by atoms with Crippen molar-refractivity contribution in [1.29, 1.82) is 5.26 Å². The van der Waals surface area contributed by atoms with Gasteiger partial charge in [0.2, 0.25) is 0 Å². The minimum absolute atomic E-state index is 0.276. The summed E-state index contributed by atoms with van der Waals surface area (Å²) in [4.78, 5) is 16.2. The van der Waals surface area contributed by atoms with Gasteiger partial charge in [-0.2, -0.15) is 10.3 Å². The van der Waals surface area contributed by atoms with E-state index in [4.69, 9.17) is 10.00 Å². The van der Waals surface area contributed by atoms with E-state index in [2.05, 4.69) is 10.3 Å². The summed E-state index contributed by atoms with van der Waals surface area (Å²) < 4.78 is 5.50. The maximum Gasteiger partial charge on any atom is 0.295 e. The largest absolute Gasteiger partial charge is 0.448 e. The lowest BCUT2D eigenvalue weighted by molar-refractivity contribution is -0.114. The van der Waals surface area contributed by atoms with Gasteiger partial charge in [0.15, 0.2) is 12.4 Å². The van der Waals surface area contributed by atoms with Crippen molar-refractivity contribution in [3.63, 3.8) is 0 Å². The minimum Gasteiger partial charge on any atom is -0.448 e. The number of carbonyl (C=O) groups excluding carboxylic acids is 1. The molecule has 0 spiro atoms. The maximum atomic E-state index is 11.1. The summed E-state index contributed by atoms with van der Waals surface area (Å²) in [6, 6.07) is 11.1. The number of fused-ring (bicyclic) bond motifs is 1. The van der Waals surface area contributed by atoms with Gasteiger partial charge in [0.1, 0.15) is 0 Å². The molecule has 6 heteroatoms. The predicted molar refractivity (Wildman–Crippen MR) is 76.1 cm³/mol. The van der Waals surface area contributed by atoms with Gasteiger partial charge in [-0.3, -0.25) is 4.79 Å². The summed E-state index contributed by atoms with van der Waals surface area (Å²) >= 11 is 1.44. The maximum absolute atomic E-state index is 11.1. The molecule has 1 aromatic heterocycles. The molecule has 3 rings (SSSR count). The van der Waals surface area contributed by atoms with E-state index in [-0.39, 0.29) is 6.02 Å². The fourth-order valence-electron chi connectivity index (χ4n) is 1.83. The third-order valence-electron chi connectivity index (χ3n) is 2.78. The SMILES string of the molecule is N#Cc1ccc(NC2=Nc3ccsc3C(C=O)O2)cc1. The summed E-state index contributed by atoms with van der Waals surface area (Å²) in [5, 5.41) is 13.6. The number of benzene rings is 1. The van der Waals surface area contributed by atoms with E-state index in [0.29, 0.717) is 5.56 Å². The molecule has 1 unspecified atom stereocenters. The number of anilines is 1. The number of nitrogens with one attached hydrogen (secondary N) is 1. The number of hydrogen-bond donors (Lipinski definition) is 1. The zero-order valence-electron chi connectivity index (χ0n) is 10.2. The van der Waals surface area contributed by atoms with Crippen LogP contribution in [0.2, 0.25) is 0 Å². The van der Waals surface area contributed by atoms with Crippen molar-refractivity contribution < 1.29 is 9.53 Å². The smallest absolute Gasteiger partial charge is 0.295 e. The van der Waals surface area contributed by atoms with Crippen molar-refractivity contribution in [3.05, 3.63) is 46.2 Å². The third-order valence-corrected chi connectivity index (χ3v) is 3.75. The standard InChI is InChI=1S/C14H9N3O2S/c15-7-9-1-3-10(4-2-9)16-14-17-11-5-6-20-13(11)12(8-18)19-14/h1-6,8,12H,(H,16,17). The van der Waals surface area contributed by atoms with Crippen LogP contribution in [-0.4, -0.2) is 12.3 Å². The highest BCUT2D eigenvalue weighted by atomic mass is 32.1. The molecule has 0 fully saturated rings. The molecule has 0 aliphatic carbocycles. The van der Waals surface area contributed by atoms with Gasteiger partial charge in [0.25, 0.3) is 6.02 Å². The zero-order chi connectivity index (χ0) is 13.9. The van der Waals surface area contributed by atoms with E-state index < -0.39 is 6.10 Å². The lowest BCUT2D eigenvalue weighted by Crippen LogP contribution is -2.22. The Kier molecular flexibility index (Phi) is 3.19. The van der Waals surface area contributed by atoms with E-state index in [1.54, 1.807) is 24.3 Å². The quantitative estimate of drug-likeness (QED) is 0.860. The van der Waals surface area contributed by atoms with Crippen molar-refractivity contribution in [2.75, 3.05) is 5.32 Å². The first-order chi connectivity index (χ1) is 9.80. The summed E-state index contributed by atoms with van der Waals surface area (Å²) in [5.74, 6) is 0. The average Bonchev–Trinajstić information content (AvgIpc) is 2.95. The molecule has 1 aliphatic rings. The molecule has 0 radical (unpaired) electrons. The van der Waals surface area contributed by atoms with Crippen molar-refractivity contribution in [2.45, 2.75) is 6.10 Å². The fourth-order valence-corrected chi connectivity index (χ4v) is 2.64. The number of nitriles is 1. The number of carbonyl (C=O) groups is 1. The van der Waals surface area contributed by atoms with Crippen molar-refractivity contribution in [3.8, 4) is 6.07 Å². The van der Waals surface area contributed by atoms with E-state index in [1.165, 1.54) is 11.3 Å². The van der Waals surface area contributed by atoms with Crippen LogP contribution in [0.25, 0.3) is 0 Å². The highest BCUT2D eigenvalue weighted by Gasteiger charge is 2.24. The summed E-state index contributed by atoms with van der Waals surface area (Å²) in [7, 11) is 0. The first-order valence-corrected chi connectivity index (χ1v) is 6.73. The normalized spacial score (nSPS) is 16.4. The molecule has 1 aromatic carbocycles. The van der Waals surface area contributed by atoms with E-state index >= 15 is 0 Å². The van der Waals surface area contributed by atoms with E-state index in [9.17, 15) is 4.79 Å². The molecule has 1 atom stereocenters. The molecular weight excluding hydrogens is 274 g/mol. The fraction of sp³-hybridized carbons (Fsp3) is 0.0714. The Hall–Kier alpha value is -2.65. The highest BCUT2D eigenvalue weighted by Crippen LogP contribution is 2.36. The zero-order valence-corrected chi connectivity index (χ0v) is 11.1. The number of rotatable bonds is 2. The van der Waals surface area contributed by atoms with Crippen LogP contribution < -0.4 is 5.32 Å². The number of thiophene rings is 1. The summed E-state index contributed by atoms with van der Waals surface area (Å²) in [6.07, 6.45) is 0.133. The number of nitrogens with zero attached hydrogens (tertiary/aromatic N) is 2. The molecular formula is C14H9N3O2S. The topological polar surface area (TPSA) is 74.5 Å². The van der Waals surface area contributed by atoms with Crippen LogP contribution in [0.1, 0.15) is 16.5 Å². The molecule has 0 amide bonds. The number of aliphatic imine (C=N–C) groups is 1. The molecule has 98 valence electrons. The van der Waals surface area contributed by atoms with Gasteiger partial charge in [-0.1, -0.05) is 0 Å². The molecule has 0 bridgehead atoms. The summed E-state index contributed by atoms with van der Waals surface area (Å²) in [6.45, 7) is 0. The molecule has 2 heterocycles. The van der Waals surface area contributed by atoms with Crippen LogP contribution in [0, 0.1) is 11.3 Å². The molecule has 0 saturated heterocycles. The van der Waals surface area contributed by atoms with Crippen LogP contribution in [0.5, 0.6) is 0 Å². The Morgan fingerprint density at radius 1 is 1.35 bits per heavy atom. The monoisotopic (exact) mass is 283 g/mol. The second-order valence-corrected chi connectivity index (χ2v) is 5.02. The van der Waals surface area contributed by atoms with Crippen molar-refractivity contribution >= 4 is 35.0 Å². The molecule has 2 aromatic rings. The lowest BCUT2D eigenvalue weighted by Gasteiger charge is -2.20. The van der Waals surface area contributed by atoms with Crippen molar-refractivity contribution in [2.24, 2.45) is 4.99 Å². The van der Waals surface area contributed by atoms with Gasteiger partial charge in [-0.05, 0) is 35.7 Å². The molecule has 5 nitrogen and oxygen atoms in total. The molecule has 20 heavy (non-hydrogen) atoms. The van der Waals surface area contributed by atoms with Gasteiger partial charge in [-0.15, -0.1) is 11.3 Å². The number of ether oxygens (including phenoxy) is 1. The van der Waals surface area contributed by atoms with Gasteiger partial charge >= 0.3 is 0 Å². The molecule has 1 aliphatic heterocycles. The van der Waals surface area contributed by atoms with E-state index in [1.807, 2.05) is 17.5 Å². The van der Waals surface area contributed by atoms with Gasteiger partial charge in [0, 0.05) is 5.69 Å². The first kappa shape index (κ1) is 12.4. The Bertz CT molecular complexity index is 713. The molecule has 1 N–H and O–H groups in total. The summed E-state index contributed by atoms with van der Waals surface area (Å²) in [5.41, 5.74) is 2.06. The van der Waals surface area contributed by atoms with Crippen LogP contribution in [0.15, 0.2) is 40.7 Å². The third kappa shape index (κ3) is 2.27. The van der Waals surface area contributed by atoms with Gasteiger partial charge < -0.3 is 10.1 Å². The molecule has 0 saturated carbocycles. The highest BCUT2D eigenvalue weighted by molar-refractivity contribution is 7.10. The number of amidine groups is 1. The Balaban J connectivity index is 1.85. The average molecular weight is 283 g/mol. The number of aldehydes is 1. The first-order valence-electron chi connectivity index (χ1n) is 5.85. The Morgan fingerprint density at radius 2 is 2.15 bits per heavy atom. The van der Waals surface area contributed by atoms with E-state index in [0.717, 1.165) is 22.5 Å². The van der Waals surface area contributed by atoms with Crippen molar-refractivity contribution in [1.82, 2.24) is 0 Å².